The minimum Gasteiger partial charge on any atom is -0.435 e. The molecule has 0 fully saturated rings. The maximum absolute atomic E-state index is 4.25. The topological polar surface area (TPSA) is 18.5 Å². The highest BCUT2D eigenvalue weighted by Gasteiger charge is 2.14. The van der Waals surface area contributed by atoms with Gasteiger partial charge in [-0.3, -0.25) is 0 Å². The van der Waals surface area contributed by atoms with Crippen LogP contribution in [0.2, 0.25) is 0 Å². The molecule has 2 nitrogen and oxygen atoms in total. The third-order valence-electron chi connectivity index (χ3n) is 4.78. The van der Waals surface area contributed by atoms with Crippen molar-refractivity contribution in [1.82, 2.24) is 0 Å². The van der Waals surface area contributed by atoms with E-state index in [-0.39, 0.29) is 10.0 Å². The van der Waals surface area contributed by atoms with Crippen molar-refractivity contribution in [3.8, 4) is 33.4 Å². The Kier molecular flexibility index (Phi) is 8.55. The molecule has 4 aromatic carbocycles. The van der Waals surface area contributed by atoms with Gasteiger partial charge in [0.25, 0.3) is 0 Å². The molecule has 0 aliphatic carbocycles. The fourth-order valence-corrected chi connectivity index (χ4v) is 4.04. The van der Waals surface area contributed by atoms with Gasteiger partial charge in [0.1, 0.15) is 0 Å². The molecule has 0 N–H and O–H groups in total. The molecule has 0 bridgehead atoms. The molecule has 0 heterocycles. The fraction of sp³-hybridized carbons (Fsp3) is 0.0400. The zero-order chi connectivity index (χ0) is 21.2. The Labute approximate surface area is 188 Å². The summed E-state index contributed by atoms with van der Waals surface area (Å²) in [4.78, 5) is 0. The monoisotopic (exact) mass is 436 g/mol. The van der Waals surface area contributed by atoms with E-state index in [9.17, 15) is 0 Å². The van der Waals surface area contributed by atoms with E-state index in [2.05, 4.69) is 139 Å². The van der Waals surface area contributed by atoms with E-state index in [0.29, 0.717) is 0 Å². The van der Waals surface area contributed by atoms with Gasteiger partial charge in [-0.2, -0.15) is 0 Å². The van der Waals surface area contributed by atoms with E-state index in [1.54, 1.807) is 0 Å². The third-order valence-corrected chi connectivity index (χ3v) is 5.45. The Morgan fingerprint density at radius 2 is 0.933 bits per heavy atom. The molecule has 144 valence electrons. The van der Waals surface area contributed by atoms with Crippen molar-refractivity contribution in [1.29, 1.82) is 0 Å². The molecule has 4 rings (SSSR count). The summed E-state index contributed by atoms with van der Waals surface area (Å²) >= 11 is 0. The van der Waals surface area contributed by atoms with E-state index in [1.807, 2.05) is 0 Å². The van der Waals surface area contributed by atoms with Crippen LogP contribution in [0.4, 0.5) is 0 Å². The lowest BCUT2D eigenvalue weighted by Crippen LogP contribution is -1.96. The minimum atomic E-state index is 0.0247. The van der Waals surface area contributed by atoms with Crippen LogP contribution in [-0.2, 0) is 8.23 Å². The van der Waals surface area contributed by atoms with Crippen molar-refractivity contribution in [2.45, 2.75) is 6.92 Å². The first-order valence-electron chi connectivity index (χ1n) is 9.46. The van der Waals surface area contributed by atoms with Gasteiger partial charge in [-0.15, -0.1) is 0 Å². The number of hydrogen-bond donors (Lipinski definition) is 0. The van der Waals surface area contributed by atoms with Gasteiger partial charge in [-0.25, -0.2) is 0 Å². The lowest BCUT2D eigenvalue weighted by molar-refractivity contribution is 0.513. The fourth-order valence-electron chi connectivity index (χ4n) is 3.50. The van der Waals surface area contributed by atoms with Crippen LogP contribution in [0.1, 0.15) is 5.56 Å². The Morgan fingerprint density at radius 1 is 0.533 bits per heavy atom. The molecule has 0 atom stereocenters. The van der Waals surface area contributed by atoms with Crippen LogP contribution >= 0.6 is 0 Å². The first kappa shape index (κ1) is 22.1. The molecule has 0 saturated heterocycles. The van der Waals surface area contributed by atoms with Crippen molar-refractivity contribution < 1.29 is 8.23 Å². The number of benzene rings is 4. The summed E-state index contributed by atoms with van der Waals surface area (Å²) in [6.07, 6.45) is 0. The molecule has 0 amide bonds. The number of hydrogen-bond acceptors (Lipinski definition) is 2. The Bertz CT molecular complexity index is 1040. The Morgan fingerprint density at radius 3 is 1.37 bits per heavy atom. The third kappa shape index (κ3) is 5.53. The van der Waals surface area contributed by atoms with E-state index < -0.39 is 0 Å². The van der Waals surface area contributed by atoms with E-state index >= 15 is 0 Å². The van der Waals surface area contributed by atoms with Crippen LogP contribution in [0.25, 0.3) is 33.4 Å². The van der Waals surface area contributed by atoms with Crippen molar-refractivity contribution in [3.05, 3.63) is 109 Å². The van der Waals surface area contributed by atoms with Crippen LogP contribution in [-0.4, -0.2) is 31.0 Å². The normalized spacial score (nSPS) is 10.2. The van der Waals surface area contributed by atoms with E-state index in [1.165, 1.54) is 38.9 Å². The van der Waals surface area contributed by atoms with Crippen LogP contribution < -0.4 is 0 Å². The summed E-state index contributed by atoms with van der Waals surface area (Å²) in [7, 11) is 5.44. The van der Waals surface area contributed by atoms with Crippen molar-refractivity contribution in [3.63, 3.8) is 0 Å². The number of rotatable bonds is 5. The highest BCUT2D eigenvalue weighted by atomic mass is 28.3. The Balaban J connectivity index is 0.000000461. The summed E-state index contributed by atoms with van der Waals surface area (Å²) in [5, 5.41) is 0. The minimum absolute atomic E-state index is 0.0247. The molecule has 0 spiro atoms. The maximum atomic E-state index is 4.25. The molecular formula is C25H20O2Si3. The molecular weight excluding hydrogens is 417 g/mol. The standard InChI is InChI=1S/C25H20.O2Si3/c1-19-23(20-11-5-2-6-12-20)17-18-24(21-13-7-3-8-14-21)25(19)22-15-9-4-10-16-22;3-1-5-2-4/h2-18H,1H3;. The van der Waals surface area contributed by atoms with E-state index in [4.69, 9.17) is 0 Å². The summed E-state index contributed by atoms with van der Waals surface area (Å²) in [6.45, 7) is 2.23. The predicted octanol–water partition coefficient (Wildman–Crippen LogP) is 5.72. The molecule has 0 aliphatic heterocycles. The summed E-state index contributed by atoms with van der Waals surface area (Å²) in [5.41, 5.74) is 8.98. The first-order valence-corrected chi connectivity index (χ1v) is 11.1. The van der Waals surface area contributed by atoms with Gasteiger partial charge in [-0.05, 0) is 45.9 Å². The molecule has 0 aliphatic rings. The van der Waals surface area contributed by atoms with Crippen LogP contribution in [0.3, 0.4) is 0 Å². The van der Waals surface area contributed by atoms with Gasteiger partial charge in [0.2, 0.25) is 21.0 Å². The first-order chi connectivity index (χ1) is 14.8. The predicted molar refractivity (Wildman–Crippen MR) is 127 cm³/mol. The van der Waals surface area contributed by atoms with Crippen LogP contribution in [0, 0.1) is 6.92 Å². The SMILES string of the molecule is Cc1c(-c2ccccc2)ccc(-c2ccccc2)c1-c1ccccc1.[Si]O[Si]O[Si]. The van der Waals surface area contributed by atoms with Gasteiger partial charge >= 0.3 is 10.0 Å². The highest BCUT2D eigenvalue weighted by Crippen LogP contribution is 2.39. The molecule has 8 radical (unpaired) electrons. The smallest absolute Gasteiger partial charge is 0.409 e. The summed E-state index contributed by atoms with van der Waals surface area (Å²) in [5.74, 6) is 0. The molecule has 0 unspecified atom stereocenters. The van der Waals surface area contributed by atoms with Gasteiger partial charge in [0, 0.05) is 0 Å². The summed E-state index contributed by atoms with van der Waals surface area (Å²) in [6, 6.07) is 36.5. The maximum Gasteiger partial charge on any atom is 0.409 e. The van der Waals surface area contributed by atoms with Crippen LogP contribution in [0.15, 0.2) is 103 Å². The zero-order valence-corrected chi connectivity index (χ0v) is 19.6. The van der Waals surface area contributed by atoms with Crippen molar-refractivity contribution in [2.24, 2.45) is 0 Å². The van der Waals surface area contributed by atoms with Gasteiger partial charge in [0.05, 0.1) is 0 Å². The second-order valence-corrected chi connectivity index (χ2v) is 8.35. The van der Waals surface area contributed by atoms with Crippen molar-refractivity contribution in [2.75, 3.05) is 0 Å². The lowest BCUT2D eigenvalue weighted by Gasteiger charge is -2.17. The second-order valence-electron chi connectivity index (χ2n) is 6.55. The summed E-state index contributed by atoms with van der Waals surface area (Å²) < 4.78 is 8.51. The Hall–Kier alpha value is -2.55. The molecule has 0 aromatic heterocycles. The zero-order valence-electron chi connectivity index (χ0n) is 16.6. The average Bonchev–Trinajstić information content (AvgIpc) is 2.81. The largest absolute Gasteiger partial charge is 0.435 e. The second kappa shape index (κ2) is 11.6. The molecule has 30 heavy (non-hydrogen) atoms. The molecule has 4 aromatic rings. The van der Waals surface area contributed by atoms with E-state index in [0.717, 1.165) is 0 Å². The van der Waals surface area contributed by atoms with Crippen LogP contribution in [0.5, 0.6) is 0 Å². The van der Waals surface area contributed by atoms with Gasteiger partial charge < -0.3 is 8.23 Å². The highest BCUT2D eigenvalue weighted by molar-refractivity contribution is 6.33. The van der Waals surface area contributed by atoms with Gasteiger partial charge in [0.15, 0.2) is 0 Å². The van der Waals surface area contributed by atoms with Crippen molar-refractivity contribution >= 4 is 31.0 Å². The quantitative estimate of drug-likeness (QED) is 0.373. The molecule has 0 saturated carbocycles. The molecule has 5 heteroatoms. The lowest BCUT2D eigenvalue weighted by atomic mass is 9.86. The van der Waals surface area contributed by atoms with Gasteiger partial charge in [-0.1, -0.05) is 103 Å². The average molecular weight is 437 g/mol.